The Morgan fingerprint density at radius 2 is 1.84 bits per heavy atom. The molecule has 2 N–H and O–H groups in total. The molecule has 1 unspecified atom stereocenters. The number of hydrogen-bond acceptors (Lipinski definition) is 4. The first kappa shape index (κ1) is 16.1. The molecule has 1 aromatic rings. The van der Waals surface area contributed by atoms with Gasteiger partial charge in [0.05, 0.1) is 16.8 Å². The molecule has 0 amide bonds. The van der Waals surface area contributed by atoms with Crippen molar-refractivity contribution in [1.82, 2.24) is 5.32 Å². The number of hydrogen-bond donors (Lipinski definition) is 2. The number of benzene rings is 1. The fourth-order valence-electron chi connectivity index (χ4n) is 1.73. The molecule has 0 radical (unpaired) electrons. The van der Waals surface area contributed by atoms with Gasteiger partial charge < -0.3 is 10.4 Å². The first-order valence-electron chi connectivity index (χ1n) is 6.33. The van der Waals surface area contributed by atoms with E-state index in [4.69, 9.17) is 0 Å². The van der Waals surface area contributed by atoms with Crippen LogP contribution in [0, 0.1) is 6.92 Å². The molecule has 0 aliphatic rings. The van der Waals surface area contributed by atoms with Gasteiger partial charge in [-0.05, 0) is 39.3 Å². The number of aryl methyl sites for hydroxylation is 1. The highest BCUT2D eigenvalue weighted by molar-refractivity contribution is 7.91. The first-order chi connectivity index (χ1) is 8.62. The van der Waals surface area contributed by atoms with Crippen LogP contribution >= 0.6 is 0 Å². The molecule has 19 heavy (non-hydrogen) atoms. The Morgan fingerprint density at radius 1 is 1.26 bits per heavy atom. The highest BCUT2D eigenvalue weighted by Crippen LogP contribution is 2.16. The Kier molecular flexibility index (Phi) is 5.12. The summed E-state index contributed by atoms with van der Waals surface area (Å²) in [5.41, 5.74) is 0.561. The van der Waals surface area contributed by atoms with Gasteiger partial charge in [0.2, 0.25) is 0 Å². The number of aliphatic hydroxyl groups excluding tert-OH is 1. The number of β-amino-alcohol motifs (C(OH)–C–C–N with tert-alkyl or cyclic N) is 1. The Bertz CT molecular complexity index is 518. The maximum atomic E-state index is 12.2. The van der Waals surface area contributed by atoms with E-state index in [-0.39, 0.29) is 17.8 Å². The first-order valence-corrected chi connectivity index (χ1v) is 7.98. The van der Waals surface area contributed by atoms with Crippen molar-refractivity contribution in [1.29, 1.82) is 0 Å². The van der Waals surface area contributed by atoms with Crippen LogP contribution in [0.25, 0.3) is 0 Å². The molecule has 0 saturated heterocycles. The maximum absolute atomic E-state index is 12.2. The Balaban J connectivity index is 2.73. The zero-order valence-corrected chi connectivity index (χ0v) is 12.8. The number of rotatable bonds is 5. The minimum Gasteiger partial charge on any atom is -0.391 e. The van der Waals surface area contributed by atoms with Crippen molar-refractivity contribution in [2.75, 3.05) is 12.3 Å². The van der Waals surface area contributed by atoms with Gasteiger partial charge in [-0.25, -0.2) is 8.42 Å². The summed E-state index contributed by atoms with van der Waals surface area (Å²) in [6.45, 7) is 7.92. The van der Waals surface area contributed by atoms with E-state index < -0.39 is 15.9 Å². The minimum atomic E-state index is -3.45. The smallest absolute Gasteiger partial charge is 0.181 e. The van der Waals surface area contributed by atoms with Crippen molar-refractivity contribution in [3.63, 3.8) is 0 Å². The van der Waals surface area contributed by atoms with Gasteiger partial charge in [-0.1, -0.05) is 18.2 Å². The summed E-state index contributed by atoms with van der Waals surface area (Å²) < 4.78 is 24.4. The summed E-state index contributed by atoms with van der Waals surface area (Å²) in [6.07, 6.45) is -0.913. The Labute approximate surface area is 115 Å². The molecule has 4 nitrogen and oxygen atoms in total. The standard InChI is InChI=1S/C14H23NO3S/c1-11-7-5-6-8-13(11)19(17,18)10-12(16)9-15-14(2,3)4/h5-8,12,15-16H,9-10H2,1-4H3. The maximum Gasteiger partial charge on any atom is 0.181 e. The lowest BCUT2D eigenvalue weighted by molar-refractivity contribution is 0.181. The second-order valence-corrected chi connectivity index (χ2v) is 7.83. The van der Waals surface area contributed by atoms with E-state index in [9.17, 15) is 13.5 Å². The fraction of sp³-hybridized carbons (Fsp3) is 0.571. The molecule has 0 bridgehead atoms. The molecule has 108 valence electrons. The van der Waals surface area contributed by atoms with E-state index >= 15 is 0 Å². The predicted octanol–water partition coefficient (Wildman–Crippen LogP) is 1.52. The lowest BCUT2D eigenvalue weighted by atomic mass is 10.1. The van der Waals surface area contributed by atoms with Crippen LogP contribution in [0.5, 0.6) is 0 Å². The lowest BCUT2D eigenvalue weighted by Gasteiger charge is -2.23. The van der Waals surface area contributed by atoms with Crippen molar-refractivity contribution in [2.24, 2.45) is 0 Å². The van der Waals surface area contributed by atoms with Crippen LogP contribution in [0.3, 0.4) is 0 Å². The van der Waals surface area contributed by atoms with E-state index in [1.807, 2.05) is 20.8 Å². The Morgan fingerprint density at radius 3 is 2.37 bits per heavy atom. The SMILES string of the molecule is Cc1ccccc1S(=O)(=O)CC(O)CNC(C)(C)C. The molecule has 5 heteroatoms. The molecule has 1 rings (SSSR count). The molecule has 0 heterocycles. The average Bonchev–Trinajstić information content (AvgIpc) is 2.25. The zero-order chi connectivity index (χ0) is 14.7. The molecular weight excluding hydrogens is 262 g/mol. The van der Waals surface area contributed by atoms with Crippen molar-refractivity contribution >= 4 is 9.84 Å². The van der Waals surface area contributed by atoms with Crippen LogP contribution in [0.1, 0.15) is 26.3 Å². The van der Waals surface area contributed by atoms with Crippen molar-refractivity contribution in [3.8, 4) is 0 Å². The van der Waals surface area contributed by atoms with Gasteiger partial charge in [0.25, 0.3) is 0 Å². The monoisotopic (exact) mass is 285 g/mol. The summed E-state index contributed by atoms with van der Waals surface area (Å²) in [4.78, 5) is 0.296. The second kappa shape index (κ2) is 6.03. The molecule has 0 saturated carbocycles. The molecule has 1 aromatic carbocycles. The Hall–Kier alpha value is -0.910. The van der Waals surface area contributed by atoms with Crippen LogP contribution in [-0.2, 0) is 9.84 Å². The molecule has 0 spiro atoms. The fourth-order valence-corrected chi connectivity index (χ4v) is 3.38. The molecule has 1 atom stereocenters. The normalized spacial score (nSPS) is 14.4. The van der Waals surface area contributed by atoms with Gasteiger partial charge in [-0.15, -0.1) is 0 Å². The van der Waals surface area contributed by atoms with E-state index in [2.05, 4.69) is 5.32 Å². The highest BCUT2D eigenvalue weighted by atomic mass is 32.2. The summed E-state index contributed by atoms with van der Waals surface area (Å²) >= 11 is 0. The van der Waals surface area contributed by atoms with Gasteiger partial charge in [0, 0.05) is 12.1 Å². The quantitative estimate of drug-likeness (QED) is 0.861. The third kappa shape index (κ3) is 5.30. The number of aliphatic hydroxyl groups is 1. The topological polar surface area (TPSA) is 66.4 Å². The zero-order valence-electron chi connectivity index (χ0n) is 12.0. The predicted molar refractivity (Wildman–Crippen MR) is 77.0 cm³/mol. The van der Waals surface area contributed by atoms with Gasteiger partial charge in [0.15, 0.2) is 9.84 Å². The summed E-state index contributed by atoms with van der Waals surface area (Å²) in [5.74, 6) is -0.263. The van der Waals surface area contributed by atoms with Gasteiger partial charge in [-0.2, -0.15) is 0 Å². The van der Waals surface area contributed by atoms with Crippen molar-refractivity contribution in [3.05, 3.63) is 29.8 Å². The largest absolute Gasteiger partial charge is 0.391 e. The van der Waals surface area contributed by atoms with E-state index in [0.717, 1.165) is 0 Å². The van der Waals surface area contributed by atoms with Crippen LogP contribution in [0.2, 0.25) is 0 Å². The third-order valence-electron chi connectivity index (χ3n) is 2.71. The van der Waals surface area contributed by atoms with Crippen LogP contribution in [0.15, 0.2) is 29.2 Å². The van der Waals surface area contributed by atoms with Gasteiger partial charge in [-0.3, -0.25) is 0 Å². The van der Waals surface area contributed by atoms with Crippen LogP contribution in [0.4, 0.5) is 0 Å². The molecule has 0 aromatic heterocycles. The summed E-state index contributed by atoms with van der Waals surface area (Å²) in [7, 11) is -3.45. The van der Waals surface area contributed by atoms with Crippen LogP contribution < -0.4 is 5.32 Å². The number of sulfone groups is 1. The molecule has 0 fully saturated rings. The van der Waals surface area contributed by atoms with Crippen LogP contribution in [-0.4, -0.2) is 37.5 Å². The molecule has 0 aliphatic heterocycles. The van der Waals surface area contributed by atoms with Gasteiger partial charge >= 0.3 is 0 Å². The molecule has 0 aliphatic carbocycles. The van der Waals surface area contributed by atoms with E-state index in [1.54, 1.807) is 31.2 Å². The average molecular weight is 285 g/mol. The third-order valence-corrected chi connectivity index (χ3v) is 4.66. The van der Waals surface area contributed by atoms with Crippen molar-refractivity contribution in [2.45, 2.75) is 44.2 Å². The summed E-state index contributed by atoms with van der Waals surface area (Å²) in [5, 5.41) is 13.0. The van der Waals surface area contributed by atoms with Crippen molar-refractivity contribution < 1.29 is 13.5 Å². The lowest BCUT2D eigenvalue weighted by Crippen LogP contribution is -2.42. The minimum absolute atomic E-state index is 0.145. The highest BCUT2D eigenvalue weighted by Gasteiger charge is 2.22. The van der Waals surface area contributed by atoms with Gasteiger partial charge in [0.1, 0.15) is 0 Å². The number of nitrogens with one attached hydrogen (secondary N) is 1. The van der Waals surface area contributed by atoms with E-state index in [0.29, 0.717) is 10.5 Å². The second-order valence-electron chi connectivity index (χ2n) is 5.83. The molecular formula is C14H23NO3S. The summed E-state index contributed by atoms with van der Waals surface area (Å²) in [6, 6.07) is 6.83. The van der Waals surface area contributed by atoms with E-state index in [1.165, 1.54) is 0 Å².